The van der Waals surface area contributed by atoms with Gasteiger partial charge in [-0.15, -0.1) is 0 Å². The lowest BCUT2D eigenvalue weighted by Gasteiger charge is -2.12. The van der Waals surface area contributed by atoms with Crippen LogP contribution in [0.4, 0.5) is 0 Å². The van der Waals surface area contributed by atoms with E-state index in [1.54, 1.807) is 19.4 Å². The normalized spacial score (nSPS) is 14.0. The first-order valence-corrected chi connectivity index (χ1v) is 7.46. The van der Waals surface area contributed by atoms with E-state index < -0.39 is 0 Å². The van der Waals surface area contributed by atoms with Crippen molar-refractivity contribution in [3.8, 4) is 22.8 Å². The van der Waals surface area contributed by atoms with E-state index in [1.165, 1.54) is 0 Å². The molecule has 0 bridgehead atoms. The Labute approximate surface area is 129 Å². The number of hydrogen-bond donors (Lipinski definition) is 1. The Hall–Kier alpha value is -2.49. The molecular formula is C18H19NO3. The topological polar surface area (TPSA) is 55.5 Å². The third kappa shape index (κ3) is 2.52. The number of methoxy groups -OCH3 is 1. The molecule has 0 amide bonds. The molecule has 0 fully saturated rings. The molecule has 3 rings (SSSR count). The molecule has 0 saturated carbocycles. The molecule has 114 valence electrons. The number of hydrogen-bond acceptors (Lipinski definition) is 4. The number of benzene rings is 1. The molecule has 1 aromatic heterocycles. The van der Waals surface area contributed by atoms with Crippen LogP contribution in [0.15, 0.2) is 41.1 Å². The van der Waals surface area contributed by atoms with Gasteiger partial charge in [-0.1, -0.05) is 30.3 Å². The number of ether oxygens (including phenoxy) is 1. The molecule has 1 aliphatic carbocycles. The Morgan fingerprint density at radius 2 is 2.14 bits per heavy atom. The predicted octanol–water partition coefficient (Wildman–Crippen LogP) is 4.35. The van der Waals surface area contributed by atoms with E-state index in [-0.39, 0.29) is 5.75 Å². The molecule has 0 atom stereocenters. The SMILES string of the molecule is CCc1cc(-c2oncc2C2=CCCC=C2)c(O)cc1OC. The fourth-order valence-electron chi connectivity index (χ4n) is 2.71. The first-order valence-electron chi connectivity index (χ1n) is 7.46. The monoisotopic (exact) mass is 297 g/mol. The van der Waals surface area contributed by atoms with Gasteiger partial charge in [-0.2, -0.15) is 0 Å². The summed E-state index contributed by atoms with van der Waals surface area (Å²) in [6, 6.07) is 3.54. The van der Waals surface area contributed by atoms with Crippen molar-refractivity contribution >= 4 is 5.57 Å². The number of allylic oxidation sites excluding steroid dienone is 4. The zero-order chi connectivity index (χ0) is 15.5. The van der Waals surface area contributed by atoms with E-state index in [1.807, 2.05) is 13.0 Å². The Balaban J connectivity index is 2.11. The summed E-state index contributed by atoms with van der Waals surface area (Å²) in [5.74, 6) is 1.40. The van der Waals surface area contributed by atoms with E-state index >= 15 is 0 Å². The number of phenols is 1. The van der Waals surface area contributed by atoms with Crippen LogP contribution in [0, 0.1) is 0 Å². The van der Waals surface area contributed by atoms with Gasteiger partial charge in [0, 0.05) is 11.6 Å². The summed E-state index contributed by atoms with van der Waals surface area (Å²) in [6.07, 6.45) is 10.9. The molecule has 22 heavy (non-hydrogen) atoms. The number of rotatable bonds is 4. The van der Waals surface area contributed by atoms with Crippen molar-refractivity contribution in [2.45, 2.75) is 26.2 Å². The summed E-state index contributed by atoms with van der Waals surface area (Å²) in [4.78, 5) is 0. The third-order valence-corrected chi connectivity index (χ3v) is 3.90. The van der Waals surface area contributed by atoms with Gasteiger partial charge in [0.2, 0.25) is 0 Å². The largest absolute Gasteiger partial charge is 0.507 e. The quantitative estimate of drug-likeness (QED) is 0.911. The minimum atomic E-state index is 0.132. The fraction of sp³-hybridized carbons (Fsp3) is 0.278. The second kappa shape index (κ2) is 6.10. The van der Waals surface area contributed by atoms with Crippen molar-refractivity contribution in [1.29, 1.82) is 0 Å². The van der Waals surface area contributed by atoms with Crippen molar-refractivity contribution in [3.63, 3.8) is 0 Å². The van der Waals surface area contributed by atoms with E-state index in [0.717, 1.165) is 36.0 Å². The van der Waals surface area contributed by atoms with Gasteiger partial charge in [0.25, 0.3) is 0 Å². The van der Waals surface area contributed by atoms with E-state index in [2.05, 4.69) is 23.4 Å². The maximum atomic E-state index is 10.3. The van der Waals surface area contributed by atoms with Crippen molar-refractivity contribution in [2.75, 3.05) is 7.11 Å². The average Bonchev–Trinajstić information content (AvgIpc) is 3.04. The average molecular weight is 297 g/mol. The number of nitrogens with zero attached hydrogens (tertiary/aromatic N) is 1. The highest BCUT2D eigenvalue weighted by atomic mass is 16.5. The van der Waals surface area contributed by atoms with Crippen LogP contribution >= 0.6 is 0 Å². The number of aromatic nitrogens is 1. The Morgan fingerprint density at radius 1 is 1.27 bits per heavy atom. The summed E-state index contributed by atoms with van der Waals surface area (Å²) in [5.41, 5.74) is 3.64. The van der Waals surface area contributed by atoms with E-state index in [0.29, 0.717) is 17.1 Å². The maximum Gasteiger partial charge on any atom is 0.178 e. The molecule has 2 aromatic rings. The van der Waals surface area contributed by atoms with Crippen LogP contribution in [-0.2, 0) is 6.42 Å². The van der Waals surface area contributed by atoms with Gasteiger partial charge in [0.05, 0.1) is 18.9 Å². The standard InChI is InChI=1S/C18H19NO3/c1-3-12-9-14(16(20)10-17(12)21-2)18-15(11-19-22-18)13-7-5-4-6-8-13/h5,7-11,20H,3-4,6H2,1-2H3. The highest BCUT2D eigenvalue weighted by Crippen LogP contribution is 2.39. The van der Waals surface area contributed by atoms with Crippen molar-refractivity contribution in [1.82, 2.24) is 5.16 Å². The highest BCUT2D eigenvalue weighted by molar-refractivity contribution is 5.85. The lowest BCUT2D eigenvalue weighted by Crippen LogP contribution is -1.93. The van der Waals surface area contributed by atoms with Crippen LogP contribution in [0.2, 0.25) is 0 Å². The van der Waals surface area contributed by atoms with Gasteiger partial charge >= 0.3 is 0 Å². The van der Waals surface area contributed by atoms with Crippen LogP contribution in [0.1, 0.15) is 30.9 Å². The molecule has 0 aliphatic heterocycles. The third-order valence-electron chi connectivity index (χ3n) is 3.90. The highest BCUT2D eigenvalue weighted by Gasteiger charge is 2.19. The van der Waals surface area contributed by atoms with Crippen LogP contribution in [0.5, 0.6) is 11.5 Å². The second-order valence-electron chi connectivity index (χ2n) is 5.24. The van der Waals surface area contributed by atoms with Crippen molar-refractivity contribution in [2.24, 2.45) is 0 Å². The Kier molecular flexibility index (Phi) is 4.00. The first-order chi connectivity index (χ1) is 10.7. The summed E-state index contributed by atoms with van der Waals surface area (Å²) >= 11 is 0. The molecule has 4 nitrogen and oxygen atoms in total. The minimum Gasteiger partial charge on any atom is -0.507 e. The second-order valence-corrected chi connectivity index (χ2v) is 5.24. The minimum absolute atomic E-state index is 0.132. The van der Waals surface area contributed by atoms with Crippen molar-refractivity contribution < 1.29 is 14.4 Å². The number of aromatic hydroxyl groups is 1. The van der Waals surface area contributed by atoms with Crippen LogP contribution in [0.3, 0.4) is 0 Å². The van der Waals surface area contributed by atoms with Gasteiger partial charge in [-0.05, 0) is 36.5 Å². The molecule has 1 aromatic carbocycles. The zero-order valence-corrected chi connectivity index (χ0v) is 12.8. The summed E-state index contributed by atoms with van der Waals surface area (Å²) in [5, 5.41) is 14.3. The predicted molar refractivity (Wildman–Crippen MR) is 85.9 cm³/mol. The molecule has 0 radical (unpaired) electrons. The molecule has 1 heterocycles. The fourth-order valence-corrected chi connectivity index (χ4v) is 2.71. The zero-order valence-electron chi connectivity index (χ0n) is 12.8. The Morgan fingerprint density at radius 3 is 2.82 bits per heavy atom. The van der Waals surface area contributed by atoms with Crippen LogP contribution in [0.25, 0.3) is 16.9 Å². The molecule has 1 aliphatic rings. The molecular weight excluding hydrogens is 278 g/mol. The van der Waals surface area contributed by atoms with Gasteiger partial charge < -0.3 is 14.4 Å². The van der Waals surface area contributed by atoms with Gasteiger partial charge in [0.15, 0.2) is 5.76 Å². The summed E-state index contributed by atoms with van der Waals surface area (Å²) in [7, 11) is 1.60. The number of aryl methyl sites for hydroxylation is 1. The molecule has 4 heteroatoms. The first kappa shape index (κ1) is 14.4. The molecule has 0 saturated heterocycles. The molecule has 0 spiro atoms. The van der Waals surface area contributed by atoms with E-state index in [4.69, 9.17) is 9.26 Å². The van der Waals surface area contributed by atoms with E-state index in [9.17, 15) is 5.11 Å². The molecule has 0 unspecified atom stereocenters. The smallest absolute Gasteiger partial charge is 0.178 e. The maximum absolute atomic E-state index is 10.3. The van der Waals surface area contributed by atoms with Crippen LogP contribution in [-0.4, -0.2) is 17.4 Å². The summed E-state index contributed by atoms with van der Waals surface area (Å²) in [6.45, 7) is 2.05. The Bertz CT molecular complexity index is 741. The lowest BCUT2D eigenvalue weighted by atomic mass is 9.96. The lowest BCUT2D eigenvalue weighted by molar-refractivity contribution is 0.401. The molecule has 1 N–H and O–H groups in total. The van der Waals surface area contributed by atoms with Gasteiger partial charge in [-0.3, -0.25) is 0 Å². The van der Waals surface area contributed by atoms with Gasteiger partial charge in [0.1, 0.15) is 11.5 Å². The van der Waals surface area contributed by atoms with Crippen LogP contribution < -0.4 is 4.74 Å². The van der Waals surface area contributed by atoms with Gasteiger partial charge in [-0.25, -0.2) is 0 Å². The van der Waals surface area contributed by atoms with Crippen molar-refractivity contribution in [3.05, 3.63) is 47.7 Å². The summed E-state index contributed by atoms with van der Waals surface area (Å²) < 4.78 is 10.7. The number of phenolic OH excluding ortho intramolecular Hbond substituents is 1.